The first-order chi connectivity index (χ1) is 14.1. The Labute approximate surface area is 169 Å². The molecule has 0 aliphatic heterocycles. The van der Waals surface area contributed by atoms with Crippen molar-refractivity contribution in [2.75, 3.05) is 13.7 Å². The molecule has 0 atom stereocenters. The van der Waals surface area contributed by atoms with Gasteiger partial charge in [-0.2, -0.15) is 5.10 Å². The highest BCUT2D eigenvalue weighted by Crippen LogP contribution is 2.37. The predicted octanol–water partition coefficient (Wildman–Crippen LogP) is 3.60. The van der Waals surface area contributed by atoms with E-state index >= 15 is 0 Å². The fraction of sp³-hybridized carbons (Fsp3) is 0.273. The molecular formula is C22H25N5O2. The third-order valence-corrected chi connectivity index (χ3v) is 4.98. The highest BCUT2D eigenvalue weighted by molar-refractivity contribution is 5.83. The minimum atomic E-state index is 0.115. The molecule has 0 radical (unpaired) electrons. The molecule has 0 aliphatic carbocycles. The SMILES string of the molecule is COCCCn1nc(-c2ccc(C)cc2)c(O)c1-c1nc2ccc(CN)cc2[nH]1. The van der Waals surface area contributed by atoms with Crippen LogP contribution in [0.15, 0.2) is 42.5 Å². The summed E-state index contributed by atoms with van der Waals surface area (Å²) in [5.41, 5.74) is 11.6. The summed E-state index contributed by atoms with van der Waals surface area (Å²) in [6.07, 6.45) is 0.773. The van der Waals surface area contributed by atoms with E-state index < -0.39 is 0 Å². The van der Waals surface area contributed by atoms with Crippen molar-refractivity contribution in [2.24, 2.45) is 5.73 Å². The number of methoxy groups -OCH3 is 1. The molecular weight excluding hydrogens is 366 g/mol. The average molecular weight is 391 g/mol. The number of benzene rings is 2. The highest BCUT2D eigenvalue weighted by atomic mass is 16.5. The van der Waals surface area contributed by atoms with Crippen molar-refractivity contribution < 1.29 is 9.84 Å². The Hall–Kier alpha value is -3.16. The molecule has 7 heteroatoms. The van der Waals surface area contributed by atoms with Crippen molar-refractivity contribution in [1.82, 2.24) is 19.7 Å². The van der Waals surface area contributed by atoms with Crippen molar-refractivity contribution in [1.29, 1.82) is 0 Å². The largest absolute Gasteiger partial charge is 0.504 e. The number of hydrogen-bond acceptors (Lipinski definition) is 5. The molecule has 4 rings (SSSR count). The molecule has 0 spiro atoms. The third kappa shape index (κ3) is 3.74. The minimum Gasteiger partial charge on any atom is -0.504 e. The Bertz CT molecular complexity index is 1130. The molecule has 150 valence electrons. The number of fused-ring (bicyclic) bond motifs is 1. The number of imidazole rings is 1. The van der Waals surface area contributed by atoms with E-state index in [1.807, 2.05) is 49.4 Å². The third-order valence-electron chi connectivity index (χ3n) is 4.98. The molecule has 0 amide bonds. The monoisotopic (exact) mass is 391 g/mol. The number of aromatic nitrogens is 4. The van der Waals surface area contributed by atoms with Gasteiger partial charge in [0.25, 0.3) is 0 Å². The average Bonchev–Trinajstić information content (AvgIpc) is 3.28. The van der Waals surface area contributed by atoms with E-state index in [9.17, 15) is 5.11 Å². The van der Waals surface area contributed by atoms with Crippen LogP contribution in [0.25, 0.3) is 33.8 Å². The topological polar surface area (TPSA) is 102 Å². The van der Waals surface area contributed by atoms with Crippen molar-refractivity contribution in [2.45, 2.75) is 26.4 Å². The van der Waals surface area contributed by atoms with Gasteiger partial charge in [0.2, 0.25) is 0 Å². The van der Waals surface area contributed by atoms with Gasteiger partial charge in [-0.3, -0.25) is 4.68 Å². The summed E-state index contributed by atoms with van der Waals surface area (Å²) < 4.78 is 6.98. The highest BCUT2D eigenvalue weighted by Gasteiger charge is 2.22. The van der Waals surface area contributed by atoms with Crippen molar-refractivity contribution in [3.8, 4) is 28.5 Å². The molecule has 2 aromatic carbocycles. The number of H-pyrrole nitrogens is 1. The number of aryl methyl sites for hydroxylation is 2. The number of hydrogen-bond donors (Lipinski definition) is 3. The molecule has 29 heavy (non-hydrogen) atoms. The van der Waals surface area contributed by atoms with Crippen molar-refractivity contribution >= 4 is 11.0 Å². The number of nitrogens with zero attached hydrogens (tertiary/aromatic N) is 3. The van der Waals surface area contributed by atoms with Crippen LogP contribution in [-0.4, -0.2) is 38.6 Å². The molecule has 0 bridgehead atoms. The number of rotatable bonds is 7. The van der Waals surface area contributed by atoms with Crippen LogP contribution in [0, 0.1) is 6.92 Å². The van der Waals surface area contributed by atoms with Gasteiger partial charge in [-0.25, -0.2) is 4.98 Å². The van der Waals surface area contributed by atoms with Crippen molar-refractivity contribution in [3.63, 3.8) is 0 Å². The standard InChI is InChI=1S/C22H25N5O2/c1-14-4-7-16(8-5-14)19-21(28)20(27(26-19)10-3-11-29-2)22-24-17-9-6-15(13-23)12-18(17)25-22/h4-9,12,28H,3,10-11,13,23H2,1-2H3,(H,24,25). The Balaban J connectivity index is 1.82. The number of nitrogens with two attached hydrogens (primary N) is 1. The van der Waals surface area contributed by atoms with Crippen LogP contribution >= 0.6 is 0 Å². The fourth-order valence-corrected chi connectivity index (χ4v) is 3.41. The van der Waals surface area contributed by atoms with E-state index in [0.717, 1.165) is 34.1 Å². The van der Waals surface area contributed by atoms with Gasteiger partial charge in [0.05, 0.1) is 11.0 Å². The maximum atomic E-state index is 11.1. The van der Waals surface area contributed by atoms with Crippen LogP contribution in [0.2, 0.25) is 0 Å². The second kappa shape index (κ2) is 8.06. The number of aromatic amines is 1. The molecule has 2 aromatic heterocycles. The molecule has 0 aliphatic rings. The summed E-state index contributed by atoms with van der Waals surface area (Å²) in [7, 11) is 1.67. The summed E-state index contributed by atoms with van der Waals surface area (Å²) in [6.45, 7) is 3.71. The number of nitrogens with one attached hydrogen (secondary N) is 1. The van der Waals surface area contributed by atoms with Crippen LogP contribution in [0.4, 0.5) is 0 Å². The minimum absolute atomic E-state index is 0.115. The van der Waals surface area contributed by atoms with Gasteiger partial charge in [0.1, 0.15) is 11.4 Å². The van der Waals surface area contributed by atoms with E-state index in [2.05, 4.69) is 9.97 Å². The zero-order valence-corrected chi connectivity index (χ0v) is 16.6. The Morgan fingerprint density at radius 2 is 1.97 bits per heavy atom. The van der Waals surface area contributed by atoms with Crippen molar-refractivity contribution in [3.05, 3.63) is 53.6 Å². The Morgan fingerprint density at radius 1 is 1.17 bits per heavy atom. The molecule has 2 heterocycles. The van der Waals surface area contributed by atoms with E-state index in [4.69, 9.17) is 15.6 Å². The molecule has 0 saturated heterocycles. The summed E-state index contributed by atoms with van der Waals surface area (Å²) in [4.78, 5) is 7.99. The second-order valence-electron chi connectivity index (χ2n) is 7.12. The van der Waals surface area contributed by atoms with E-state index in [-0.39, 0.29) is 5.75 Å². The van der Waals surface area contributed by atoms with E-state index in [1.54, 1.807) is 11.8 Å². The maximum absolute atomic E-state index is 11.1. The first-order valence-corrected chi connectivity index (χ1v) is 9.65. The first-order valence-electron chi connectivity index (χ1n) is 9.65. The number of aromatic hydroxyl groups is 1. The van der Waals surface area contributed by atoms with Gasteiger partial charge in [0.15, 0.2) is 11.6 Å². The lowest BCUT2D eigenvalue weighted by molar-refractivity contribution is 0.189. The Morgan fingerprint density at radius 3 is 2.69 bits per heavy atom. The summed E-state index contributed by atoms with van der Waals surface area (Å²) in [5, 5.41) is 15.8. The summed E-state index contributed by atoms with van der Waals surface area (Å²) in [6, 6.07) is 13.8. The second-order valence-corrected chi connectivity index (χ2v) is 7.12. The van der Waals surface area contributed by atoms with Gasteiger partial charge in [-0.05, 0) is 31.0 Å². The smallest absolute Gasteiger partial charge is 0.173 e. The van der Waals surface area contributed by atoms with E-state index in [1.165, 1.54) is 0 Å². The van der Waals surface area contributed by atoms with Crippen LogP contribution in [0.5, 0.6) is 5.75 Å². The zero-order valence-electron chi connectivity index (χ0n) is 16.6. The quantitative estimate of drug-likeness (QED) is 0.418. The van der Waals surface area contributed by atoms with E-state index in [0.29, 0.717) is 36.9 Å². The predicted molar refractivity (Wildman–Crippen MR) is 114 cm³/mol. The van der Waals surface area contributed by atoms with Crippen LogP contribution in [0.3, 0.4) is 0 Å². The van der Waals surface area contributed by atoms with Gasteiger partial charge < -0.3 is 20.6 Å². The molecule has 4 N–H and O–H groups in total. The van der Waals surface area contributed by atoms with Gasteiger partial charge in [0, 0.05) is 32.4 Å². The molecule has 7 nitrogen and oxygen atoms in total. The molecule has 0 saturated carbocycles. The van der Waals surface area contributed by atoms with Gasteiger partial charge in [-0.15, -0.1) is 0 Å². The van der Waals surface area contributed by atoms with Gasteiger partial charge in [-0.1, -0.05) is 35.9 Å². The maximum Gasteiger partial charge on any atom is 0.173 e. The lowest BCUT2D eigenvalue weighted by Crippen LogP contribution is -2.05. The van der Waals surface area contributed by atoms with Crippen LogP contribution in [-0.2, 0) is 17.8 Å². The molecule has 4 aromatic rings. The Kier molecular flexibility index (Phi) is 5.33. The zero-order chi connectivity index (χ0) is 20.4. The lowest BCUT2D eigenvalue weighted by atomic mass is 10.1. The molecule has 0 fully saturated rings. The normalized spacial score (nSPS) is 11.4. The number of ether oxygens (including phenoxy) is 1. The fourth-order valence-electron chi connectivity index (χ4n) is 3.41. The van der Waals surface area contributed by atoms with Crippen LogP contribution < -0.4 is 5.73 Å². The molecule has 0 unspecified atom stereocenters. The summed E-state index contributed by atoms with van der Waals surface area (Å²) in [5.74, 6) is 0.694. The summed E-state index contributed by atoms with van der Waals surface area (Å²) >= 11 is 0. The first kappa shape index (κ1) is 19.2. The van der Waals surface area contributed by atoms with Crippen LogP contribution in [0.1, 0.15) is 17.5 Å². The van der Waals surface area contributed by atoms with Gasteiger partial charge >= 0.3 is 0 Å². The lowest BCUT2D eigenvalue weighted by Gasteiger charge is -2.05.